The van der Waals surface area contributed by atoms with Gasteiger partial charge in [-0.3, -0.25) is 4.79 Å². The highest BCUT2D eigenvalue weighted by Crippen LogP contribution is 2.27. The fourth-order valence-electron chi connectivity index (χ4n) is 1.21. The fraction of sp³-hybridized carbons (Fsp3) is 0.273. The topological polar surface area (TPSA) is 78.4 Å². The standard InChI is InChI=1S/C11H12F2N2O3S/c12-10(13)19-8-3-1-2-7(6-8)15-11(18)14-5-4-9(16)17/h1-3,6,10H,4-5H2,(H,16,17)(H2,14,15,18). The number of carbonyl (C=O) groups is 2. The number of rotatable bonds is 6. The van der Waals surface area contributed by atoms with E-state index < -0.39 is 17.8 Å². The molecule has 0 radical (unpaired) electrons. The van der Waals surface area contributed by atoms with Crippen LogP contribution in [0.4, 0.5) is 19.3 Å². The maximum Gasteiger partial charge on any atom is 0.319 e. The van der Waals surface area contributed by atoms with E-state index in [-0.39, 0.29) is 13.0 Å². The van der Waals surface area contributed by atoms with Gasteiger partial charge in [0.2, 0.25) is 0 Å². The van der Waals surface area contributed by atoms with Gasteiger partial charge in [0, 0.05) is 17.1 Å². The molecule has 0 bridgehead atoms. The van der Waals surface area contributed by atoms with E-state index in [1.54, 1.807) is 6.07 Å². The molecule has 0 spiro atoms. The van der Waals surface area contributed by atoms with Crippen LogP contribution in [0.1, 0.15) is 6.42 Å². The lowest BCUT2D eigenvalue weighted by atomic mass is 10.3. The summed E-state index contributed by atoms with van der Waals surface area (Å²) in [6.45, 7) is -0.00730. The average Bonchev–Trinajstić information content (AvgIpc) is 2.27. The summed E-state index contributed by atoms with van der Waals surface area (Å²) in [7, 11) is 0. The number of carbonyl (C=O) groups excluding carboxylic acids is 1. The lowest BCUT2D eigenvalue weighted by Gasteiger charge is -2.08. The Morgan fingerprint density at radius 1 is 1.37 bits per heavy atom. The van der Waals surface area contributed by atoms with Gasteiger partial charge in [0.15, 0.2) is 0 Å². The first-order valence-corrected chi connectivity index (χ1v) is 6.17. The molecule has 0 saturated heterocycles. The first-order valence-electron chi connectivity index (χ1n) is 5.29. The maximum absolute atomic E-state index is 12.2. The smallest absolute Gasteiger partial charge is 0.319 e. The Labute approximate surface area is 112 Å². The van der Waals surface area contributed by atoms with Gasteiger partial charge in [-0.15, -0.1) is 0 Å². The van der Waals surface area contributed by atoms with Gasteiger partial charge >= 0.3 is 12.0 Å². The number of halogens is 2. The minimum absolute atomic E-state index is 0.00730. The molecular weight excluding hydrogens is 278 g/mol. The van der Waals surface area contributed by atoms with Gasteiger partial charge in [0.1, 0.15) is 0 Å². The molecule has 104 valence electrons. The Balaban J connectivity index is 2.47. The van der Waals surface area contributed by atoms with Crippen molar-refractivity contribution in [1.82, 2.24) is 5.32 Å². The molecule has 0 heterocycles. The van der Waals surface area contributed by atoms with Gasteiger partial charge in [-0.05, 0) is 18.2 Å². The Morgan fingerprint density at radius 3 is 2.74 bits per heavy atom. The molecule has 0 unspecified atom stereocenters. The summed E-state index contributed by atoms with van der Waals surface area (Å²) in [5.41, 5.74) is 0.360. The Hall–Kier alpha value is -1.83. The van der Waals surface area contributed by atoms with Crippen LogP contribution in [0.3, 0.4) is 0 Å². The number of carboxylic acid groups (broad SMARTS) is 1. The number of anilines is 1. The lowest BCUT2D eigenvalue weighted by Crippen LogP contribution is -2.30. The summed E-state index contributed by atoms with van der Waals surface area (Å²) < 4.78 is 24.3. The average molecular weight is 290 g/mol. The summed E-state index contributed by atoms with van der Waals surface area (Å²) in [5.74, 6) is -3.55. The number of amides is 2. The molecule has 2 amide bonds. The zero-order valence-electron chi connectivity index (χ0n) is 9.73. The first-order chi connectivity index (χ1) is 8.97. The van der Waals surface area contributed by atoms with Gasteiger partial charge in [-0.25, -0.2) is 4.79 Å². The number of hydrogen-bond donors (Lipinski definition) is 3. The van der Waals surface area contributed by atoms with Crippen LogP contribution in [0.15, 0.2) is 29.2 Å². The molecule has 3 N–H and O–H groups in total. The van der Waals surface area contributed by atoms with Crippen molar-refractivity contribution in [3.63, 3.8) is 0 Å². The second kappa shape index (κ2) is 7.57. The van der Waals surface area contributed by atoms with E-state index in [1.165, 1.54) is 18.2 Å². The highest BCUT2D eigenvalue weighted by atomic mass is 32.2. The highest BCUT2D eigenvalue weighted by Gasteiger charge is 2.07. The second-order valence-corrected chi connectivity index (χ2v) is 4.49. The minimum Gasteiger partial charge on any atom is -0.481 e. The van der Waals surface area contributed by atoms with Crippen LogP contribution in [0, 0.1) is 0 Å². The van der Waals surface area contributed by atoms with Gasteiger partial charge in [-0.2, -0.15) is 8.78 Å². The third kappa shape index (κ3) is 6.61. The maximum atomic E-state index is 12.2. The fourth-order valence-corrected chi connectivity index (χ4v) is 1.77. The summed E-state index contributed by atoms with van der Waals surface area (Å²) in [5, 5.41) is 13.2. The Morgan fingerprint density at radius 2 is 2.11 bits per heavy atom. The van der Waals surface area contributed by atoms with Crippen LogP contribution < -0.4 is 10.6 Å². The van der Waals surface area contributed by atoms with Crippen LogP contribution >= 0.6 is 11.8 Å². The molecule has 0 atom stereocenters. The zero-order valence-corrected chi connectivity index (χ0v) is 10.5. The molecule has 0 aliphatic rings. The number of carboxylic acids is 1. The van der Waals surface area contributed by atoms with Crippen LogP contribution in [-0.2, 0) is 4.79 Å². The lowest BCUT2D eigenvalue weighted by molar-refractivity contribution is -0.136. The number of alkyl halides is 2. The van der Waals surface area contributed by atoms with E-state index in [9.17, 15) is 18.4 Å². The third-order valence-electron chi connectivity index (χ3n) is 1.94. The molecule has 1 aromatic rings. The molecule has 0 aliphatic carbocycles. The van der Waals surface area contributed by atoms with E-state index in [4.69, 9.17) is 5.11 Å². The molecule has 0 saturated carbocycles. The summed E-state index contributed by atoms with van der Waals surface area (Å²) in [6, 6.07) is 5.42. The molecule has 0 aliphatic heterocycles. The monoisotopic (exact) mass is 290 g/mol. The van der Waals surface area contributed by atoms with E-state index in [0.29, 0.717) is 22.3 Å². The normalized spacial score (nSPS) is 10.3. The van der Waals surface area contributed by atoms with Crippen molar-refractivity contribution in [2.45, 2.75) is 17.1 Å². The Bertz CT molecular complexity index is 457. The van der Waals surface area contributed by atoms with E-state index in [0.717, 1.165) is 0 Å². The number of thioether (sulfide) groups is 1. The van der Waals surface area contributed by atoms with Gasteiger partial charge in [-0.1, -0.05) is 17.8 Å². The van der Waals surface area contributed by atoms with Gasteiger partial charge in [0.05, 0.1) is 6.42 Å². The van der Waals surface area contributed by atoms with E-state index in [2.05, 4.69) is 10.6 Å². The molecule has 8 heteroatoms. The van der Waals surface area contributed by atoms with Gasteiger partial charge in [0.25, 0.3) is 5.76 Å². The van der Waals surface area contributed by atoms with Crippen molar-refractivity contribution in [2.75, 3.05) is 11.9 Å². The molecule has 5 nitrogen and oxygen atoms in total. The van der Waals surface area contributed by atoms with Crippen LogP contribution in [0.5, 0.6) is 0 Å². The molecule has 1 aromatic carbocycles. The highest BCUT2D eigenvalue weighted by molar-refractivity contribution is 7.99. The van der Waals surface area contributed by atoms with Crippen molar-refractivity contribution in [2.24, 2.45) is 0 Å². The molecule has 19 heavy (non-hydrogen) atoms. The summed E-state index contributed by atoms with van der Waals surface area (Å²) in [4.78, 5) is 21.9. The predicted molar refractivity (Wildman–Crippen MR) is 67.6 cm³/mol. The zero-order chi connectivity index (χ0) is 14.3. The second-order valence-electron chi connectivity index (χ2n) is 3.43. The summed E-state index contributed by atoms with van der Waals surface area (Å²) >= 11 is 0.379. The van der Waals surface area contributed by atoms with Crippen molar-refractivity contribution < 1.29 is 23.5 Å². The van der Waals surface area contributed by atoms with Crippen LogP contribution in [0.2, 0.25) is 0 Å². The number of urea groups is 1. The van der Waals surface area contributed by atoms with E-state index >= 15 is 0 Å². The van der Waals surface area contributed by atoms with E-state index in [1.807, 2.05) is 0 Å². The minimum atomic E-state index is -2.53. The van der Waals surface area contributed by atoms with Crippen molar-refractivity contribution >= 4 is 29.4 Å². The van der Waals surface area contributed by atoms with Crippen LogP contribution in [0.25, 0.3) is 0 Å². The molecule has 0 aromatic heterocycles. The largest absolute Gasteiger partial charge is 0.481 e. The number of benzene rings is 1. The predicted octanol–water partition coefficient (Wildman–Crippen LogP) is 2.60. The van der Waals surface area contributed by atoms with Crippen LogP contribution in [-0.4, -0.2) is 29.4 Å². The molecule has 0 fully saturated rings. The van der Waals surface area contributed by atoms with Crippen molar-refractivity contribution in [3.05, 3.63) is 24.3 Å². The van der Waals surface area contributed by atoms with Crippen molar-refractivity contribution in [1.29, 1.82) is 0 Å². The van der Waals surface area contributed by atoms with Gasteiger partial charge < -0.3 is 15.7 Å². The first kappa shape index (κ1) is 15.2. The number of hydrogen-bond acceptors (Lipinski definition) is 3. The van der Waals surface area contributed by atoms with Crippen molar-refractivity contribution in [3.8, 4) is 0 Å². The third-order valence-corrected chi connectivity index (χ3v) is 2.65. The number of nitrogens with one attached hydrogen (secondary N) is 2. The quantitative estimate of drug-likeness (QED) is 0.704. The summed E-state index contributed by atoms with van der Waals surface area (Å²) in [6.07, 6.45) is -0.186. The SMILES string of the molecule is O=C(O)CCNC(=O)Nc1cccc(SC(F)F)c1. The molecule has 1 rings (SSSR count). The Kier molecular flexibility index (Phi) is 6.07. The number of aliphatic carboxylic acids is 1. The molecular formula is C11H12F2N2O3S.